The quantitative estimate of drug-likeness (QED) is 0.706. The van der Waals surface area contributed by atoms with Crippen LogP contribution >= 0.6 is 0 Å². The van der Waals surface area contributed by atoms with Crippen LogP contribution in [0.5, 0.6) is 5.88 Å². The number of aryl methyl sites for hydroxylation is 1. The number of nitrogens with zero attached hydrogens (tertiary/aromatic N) is 1. The number of aromatic nitrogens is 1. The van der Waals surface area contributed by atoms with Crippen LogP contribution in [0.15, 0.2) is 28.8 Å². The molecular weight excluding hydrogens is 316 g/mol. The first-order valence-electron chi connectivity index (χ1n) is 7.20. The number of furan rings is 1. The average Bonchev–Trinajstić information content (AvgIpc) is 2.94. The molecule has 2 heterocycles. The molecule has 0 aliphatic rings. The molecule has 24 heavy (non-hydrogen) atoms. The Labute approximate surface area is 138 Å². The van der Waals surface area contributed by atoms with Gasteiger partial charge in [-0.1, -0.05) is 0 Å². The number of carbonyl (C=O) groups excluding carboxylic acids is 1. The molecule has 0 spiro atoms. The van der Waals surface area contributed by atoms with E-state index in [9.17, 15) is 9.59 Å². The third-order valence-corrected chi connectivity index (χ3v) is 3.16. The van der Waals surface area contributed by atoms with Gasteiger partial charge < -0.3 is 24.3 Å². The lowest BCUT2D eigenvalue weighted by Gasteiger charge is -2.07. The van der Waals surface area contributed by atoms with Gasteiger partial charge in [0.1, 0.15) is 23.7 Å². The summed E-state index contributed by atoms with van der Waals surface area (Å²) in [6, 6.07) is 4.46. The maximum Gasteiger partial charge on any atom is 0.339 e. The van der Waals surface area contributed by atoms with Gasteiger partial charge in [-0.05, 0) is 19.1 Å². The van der Waals surface area contributed by atoms with E-state index in [4.69, 9.17) is 19.0 Å². The van der Waals surface area contributed by atoms with Crippen molar-refractivity contribution in [2.24, 2.45) is 0 Å². The molecule has 0 atom stereocenters. The van der Waals surface area contributed by atoms with E-state index in [-0.39, 0.29) is 18.0 Å². The zero-order valence-corrected chi connectivity index (χ0v) is 13.4. The van der Waals surface area contributed by atoms with Crippen LogP contribution in [0.1, 0.15) is 32.2 Å². The largest absolute Gasteiger partial charge is 0.478 e. The summed E-state index contributed by atoms with van der Waals surface area (Å²) >= 11 is 0. The van der Waals surface area contributed by atoms with Crippen LogP contribution < -0.4 is 10.1 Å². The Balaban J connectivity index is 1.96. The number of carbonyl (C=O) groups is 2. The maximum atomic E-state index is 12.1. The molecule has 0 saturated carbocycles. The van der Waals surface area contributed by atoms with E-state index in [1.807, 2.05) is 0 Å². The van der Waals surface area contributed by atoms with Crippen LogP contribution in [0, 0.1) is 6.92 Å². The number of nitrogens with one attached hydrogen (secondary N) is 1. The summed E-state index contributed by atoms with van der Waals surface area (Å²) in [5, 5.41) is 11.6. The first-order valence-corrected chi connectivity index (χ1v) is 7.20. The lowest BCUT2D eigenvalue weighted by molar-refractivity contribution is 0.0694. The highest BCUT2D eigenvalue weighted by Crippen LogP contribution is 2.15. The Bertz CT molecular complexity index is 725. The van der Waals surface area contributed by atoms with Crippen molar-refractivity contribution < 1.29 is 28.6 Å². The molecule has 2 N–H and O–H groups in total. The highest BCUT2D eigenvalue weighted by atomic mass is 16.5. The molecular formula is C16H18N2O6. The van der Waals surface area contributed by atoms with E-state index in [0.717, 1.165) is 0 Å². The molecule has 0 bridgehead atoms. The minimum absolute atomic E-state index is 0.0785. The SMILES string of the molecule is COCCOc1cc(C(=O)NCc2cc(C(=O)O)c(C)o2)ccn1. The number of hydrogen-bond donors (Lipinski definition) is 2. The summed E-state index contributed by atoms with van der Waals surface area (Å²) in [6.45, 7) is 2.39. The van der Waals surface area contributed by atoms with Gasteiger partial charge in [0, 0.05) is 24.9 Å². The molecule has 0 radical (unpaired) electrons. The molecule has 8 heteroatoms. The molecule has 128 valence electrons. The van der Waals surface area contributed by atoms with Crippen molar-refractivity contribution in [2.45, 2.75) is 13.5 Å². The molecule has 0 aliphatic carbocycles. The number of pyridine rings is 1. The van der Waals surface area contributed by atoms with Gasteiger partial charge in [-0.15, -0.1) is 0 Å². The predicted molar refractivity (Wildman–Crippen MR) is 83.2 cm³/mol. The average molecular weight is 334 g/mol. The zero-order chi connectivity index (χ0) is 17.5. The van der Waals surface area contributed by atoms with Crippen LogP contribution in [0.3, 0.4) is 0 Å². The fourth-order valence-corrected chi connectivity index (χ4v) is 1.97. The summed E-state index contributed by atoms with van der Waals surface area (Å²) < 4.78 is 15.5. The first-order chi connectivity index (χ1) is 11.5. The number of aromatic carboxylic acids is 1. The molecule has 1 amide bonds. The molecule has 0 saturated heterocycles. The van der Waals surface area contributed by atoms with E-state index in [1.54, 1.807) is 20.1 Å². The van der Waals surface area contributed by atoms with Crippen LogP contribution in [0.2, 0.25) is 0 Å². The number of amides is 1. The summed E-state index contributed by atoms with van der Waals surface area (Å²) in [6.07, 6.45) is 1.47. The van der Waals surface area contributed by atoms with Crippen molar-refractivity contribution in [3.63, 3.8) is 0 Å². The molecule has 8 nitrogen and oxygen atoms in total. The van der Waals surface area contributed by atoms with E-state index in [1.165, 1.54) is 18.3 Å². The van der Waals surface area contributed by atoms with E-state index < -0.39 is 5.97 Å². The van der Waals surface area contributed by atoms with Crippen molar-refractivity contribution in [3.05, 3.63) is 47.0 Å². The predicted octanol–water partition coefficient (Wildman–Crippen LogP) is 1.64. The van der Waals surface area contributed by atoms with Gasteiger partial charge in [0.15, 0.2) is 0 Å². The minimum Gasteiger partial charge on any atom is -0.478 e. The topological polar surface area (TPSA) is 111 Å². The third kappa shape index (κ3) is 4.56. The molecule has 2 aromatic heterocycles. The zero-order valence-electron chi connectivity index (χ0n) is 13.4. The molecule has 0 unspecified atom stereocenters. The van der Waals surface area contributed by atoms with Crippen molar-refractivity contribution >= 4 is 11.9 Å². The lowest BCUT2D eigenvalue weighted by atomic mass is 10.2. The van der Waals surface area contributed by atoms with Crippen molar-refractivity contribution in [2.75, 3.05) is 20.3 Å². The van der Waals surface area contributed by atoms with Crippen molar-refractivity contribution in [3.8, 4) is 5.88 Å². The van der Waals surface area contributed by atoms with Crippen molar-refractivity contribution in [1.82, 2.24) is 10.3 Å². The lowest BCUT2D eigenvalue weighted by Crippen LogP contribution is -2.22. The Morgan fingerprint density at radius 1 is 1.33 bits per heavy atom. The fourth-order valence-electron chi connectivity index (χ4n) is 1.97. The van der Waals surface area contributed by atoms with Gasteiger partial charge in [0.2, 0.25) is 5.88 Å². The second kappa shape index (κ2) is 8.11. The summed E-state index contributed by atoms with van der Waals surface area (Å²) in [4.78, 5) is 27.1. The fraction of sp³-hybridized carbons (Fsp3) is 0.312. The Kier molecular flexibility index (Phi) is 5.91. The first kappa shape index (κ1) is 17.5. The highest BCUT2D eigenvalue weighted by Gasteiger charge is 2.14. The summed E-state index contributed by atoms with van der Waals surface area (Å²) in [5.74, 6) is -0.434. The van der Waals surface area contributed by atoms with Crippen LogP contribution in [-0.4, -0.2) is 42.3 Å². The number of rotatable bonds is 8. The van der Waals surface area contributed by atoms with Crippen molar-refractivity contribution in [1.29, 1.82) is 0 Å². The number of carboxylic acids is 1. The Hall–Kier alpha value is -2.87. The molecule has 0 fully saturated rings. The maximum absolute atomic E-state index is 12.1. The van der Waals surface area contributed by atoms with Gasteiger partial charge >= 0.3 is 5.97 Å². The van der Waals surface area contributed by atoms with Gasteiger partial charge in [0.05, 0.1) is 13.2 Å². The molecule has 2 aromatic rings. The number of carboxylic acid groups (broad SMARTS) is 1. The molecule has 0 aliphatic heterocycles. The van der Waals surface area contributed by atoms with Gasteiger partial charge in [-0.25, -0.2) is 9.78 Å². The van der Waals surface area contributed by atoms with Gasteiger partial charge in [-0.2, -0.15) is 0 Å². The van der Waals surface area contributed by atoms with Crippen LogP contribution in [-0.2, 0) is 11.3 Å². The minimum atomic E-state index is -1.07. The number of methoxy groups -OCH3 is 1. The molecule has 0 aromatic carbocycles. The van der Waals surface area contributed by atoms with E-state index in [2.05, 4.69) is 10.3 Å². The smallest absolute Gasteiger partial charge is 0.339 e. The highest BCUT2D eigenvalue weighted by molar-refractivity contribution is 5.94. The third-order valence-electron chi connectivity index (χ3n) is 3.16. The summed E-state index contributed by atoms with van der Waals surface area (Å²) in [5.41, 5.74) is 0.455. The number of hydrogen-bond acceptors (Lipinski definition) is 6. The normalized spacial score (nSPS) is 10.4. The number of ether oxygens (including phenoxy) is 2. The van der Waals surface area contributed by atoms with Gasteiger partial charge in [-0.3, -0.25) is 4.79 Å². The second-order valence-electron chi connectivity index (χ2n) is 4.89. The monoisotopic (exact) mass is 334 g/mol. The van der Waals surface area contributed by atoms with Crippen LogP contribution in [0.4, 0.5) is 0 Å². The standard InChI is InChI=1S/C16H18N2O6/c1-10-13(16(20)21)8-12(24-10)9-18-15(19)11-3-4-17-14(7-11)23-6-5-22-2/h3-4,7-8H,5-6,9H2,1-2H3,(H,18,19)(H,20,21). The van der Waals surface area contributed by atoms with Crippen LogP contribution in [0.25, 0.3) is 0 Å². The Morgan fingerprint density at radius 3 is 2.79 bits per heavy atom. The van der Waals surface area contributed by atoms with Gasteiger partial charge in [0.25, 0.3) is 5.91 Å². The second-order valence-corrected chi connectivity index (χ2v) is 4.89. The van der Waals surface area contributed by atoms with E-state index in [0.29, 0.717) is 36.2 Å². The summed E-state index contributed by atoms with van der Waals surface area (Å²) in [7, 11) is 1.56. The van der Waals surface area contributed by atoms with E-state index >= 15 is 0 Å². The molecule has 2 rings (SSSR count). The Morgan fingerprint density at radius 2 is 2.12 bits per heavy atom.